The van der Waals surface area contributed by atoms with Crippen LogP contribution >= 0.6 is 11.6 Å². The number of benzene rings is 3. The maximum Gasteiger partial charge on any atom is 0.150 e. The minimum atomic E-state index is 0.691. The summed E-state index contributed by atoms with van der Waals surface area (Å²) in [5, 5.41) is 0.741. The van der Waals surface area contributed by atoms with Crippen LogP contribution in [0.5, 0.6) is 0 Å². The summed E-state index contributed by atoms with van der Waals surface area (Å²) in [4.78, 5) is 10.7. The van der Waals surface area contributed by atoms with Gasteiger partial charge in [-0.15, -0.1) is 0 Å². The van der Waals surface area contributed by atoms with E-state index in [9.17, 15) is 4.79 Å². The first-order valence-corrected chi connectivity index (χ1v) is 7.06. The highest BCUT2D eigenvalue weighted by molar-refractivity contribution is 6.30. The maximum absolute atomic E-state index is 10.7. The second-order valence-corrected chi connectivity index (χ2v) is 5.26. The molecule has 0 amide bonds. The smallest absolute Gasteiger partial charge is 0.150 e. The first-order valence-electron chi connectivity index (χ1n) is 6.68. The molecule has 0 saturated heterocycles. The third kappa shape index (κ3) is 3.04. The number of hydrogen-bond acceptors (Lipinski definition) is 1. The summed E-state index contributed by atoms with van der Waals surface area (Å²) in [6.45, 7) is 0. The molecule has 0 spiro atoms. The molecule has 102 valence electrons. The van der Waals surface area contributed by atoms with Crippen molar-refractivity contribution < 1.29 is 4.79 Å². The number of carbonyl (C=O) groups excluding carboxylic acids is 1. The van der Waals surface area contributed by atoms with Gasteiger partial charge in [0.15, 0.2) is 0 Å². The quantitative estimate of drug-likeness (QED) is 0.584. The molecular weight excluding hydrogens is 280 g/mol. The molecule has 0 aliphatic carbocycles. The van der Waals surface area contributed by atoms with Gasteiger partial charge < -0.3 is 0 Å². The molecular formula is C19H13ClO. The average molecular weight is 293 g/mol. The standard InChI is InChI=1S/C19H13ClO/c20-19-11-9-18(10-12-19)17-7-5-16(6-8-17)15-3-1-14(13-21)2-4-15/h1-13H. The van der Waals surface area contributed by atoms with E-state index in [1.807, 2.05) is 48.5 Å². The Labute approximate surface area is 128 Å². The lowest BCUT2D eigenvalue weighted by Crippen LogP contribution is -1.82. The third-order valence-corrected chi connectivity index (χ3v) is 3.69. The number of halogens is 1. The van der Waals surface area contributed by atoms with E-state index in [1.165, 1.54) is 0 Å². The van der Waals surface area contributed by atoms with E-state index in [0.29, 0.717) is 5.56 Å². The Hall–Kier alpha value is -2.38. The molecule has 1 nitrogen and oxygen atoms in total. The van der Waals surface area contributed by atoms with Crippen LogP contribution in [-0.2, 0) is 0 Å². The first-order chi connectivity index (χ1) is 10.3. The van der Waals surface area contributed by atoms with Crippen LogP contribution in [0.4, 0.5) is 0 Å². The molecule has 0 radical (unpaired) electrons. The summed E-state index contributed by atoms with van der Waals surface area (Å²) in [6, 6.07) is 23.7. The van der Waals surface area contributed by atoms with Gasteiger partial charge in [-0.3, -0.25) is 4.79 Å². The highest BCUT2D eigenvalue weighted by Crippen LogP contribution is 2.25. The van der Waals surface area contributed by atoms with E-state index in [0.717, 1.165) is 33.6 Å². The summed E-state index contributed by atoms with van der Waals surface area (Å²) in [7, 11) is 0. The van der Waals surface area contributed by atoms with Crippen molar-refractivity contribution in [2.24, 2.45) is 0 Å². The zero-order valence-electron chi connectivity index (χ0n) is 11.3. The summed E-state index contributed by atoms with van der Waals surface area (Å²) >= 11 is 5.90. The van der Waals surface area contributed by atoms with Gasteiger partial charge in [0, 0.05) is 10.6 Å². The molecule has 0 unspecified atom stereocenters. The van der Waals surface area contributed by atoms with Gasteiger partial charge in [0.25, 0.3) is 0 Å². The molecule has 3 rings (SSSR count). The fourth-order valence-electron chi connectivity index (χ4n) is 2.25. The molecule has 0 N–H and O–H groups in total. The van der Waals surface area contributed by atoms with E-state index in [1.54, 1.807) is 0 Å². The summed E-state index contributed by atoms with van der Waals surface area (Å²) < 4.78 is 0. The van der Waals surface area contributed by atoms with Gasteiger partial charge in [0.2, 0.25) is 0 Å². The van der Waals surface area contributed by atoms with Gasteiger partial charge in [-0.25, -0.2) is 0 Å². The Morgan fingerprint density at radius 2 is 0.905 bits per heavy atom. The molecule has 0 atom stereocenters. The second-order valence-electron chi connectivity index (χ2n) is 4.82. The van der Waals surface area contributed by atoms with Gasteiger partial charge in [-0.2, -0.15) is 0 Å². The Morgan fingerprint density at radius 1 is 0.571 bits per heavy atom. The van der Waals surface area contributed by atoms with Crippen LogP contribution in [0.3, 0.4) is 0 Å². The number of hydrogen-bond donors (Lipinski definition) is 0. The lowest BCUT2D eigenvalue weighted by atomic mass is 10.00. The predicted molar refractivity (Wildman–Crippen MR) is 87.7 cm³/mol. The van der Waals surface area contributed by atoms with Crippen molar-refractivity contribution in [1.29, 1.82) is 0 Å². The minimum Gasteiger partial charge on any atom is -0.298 e. The van der Waals surface area contributed by atoms with Crippen LogP contribution in [0, 0.1) is 0 Å². The van der Waals surface area contributed by atoms with Crippen LogP contribution in [-0.4, -0.2) is 6.29 Å². The number of rotatable bonds is 3. The van der Waals surface area contributed by atoms with Crippen molar-refractivity contribution in [3.63, 3.8) is 0 Å². The topological polar surface area (TPSA) is 17.1 Å². The monoisotopic (exact) mass is 292 g/mol. The lowest BCUT2D eigenvalue weighted by Gasteiger charge is -2.05. The molecule has 2 heteroatoms. The number of aldehydes is 1. The predicted octanol–water partition coefficient (Wildman–Crippen LogP) is 5.49. The Morgan fingerprint density at radius 3 is 1.29 bits per heavy atom. The van der Waals surface area contributed by atoms with Crippen molar-refractivity contribution in [2.75, 3.05) is 0 Å². The first kappa shape index (κ1) is 13.6. The SMILES string of the molecule is O=Cc1ccc(-c2ccc(-c3ccc(Cl)cc3)cc2)cc1. The van der Waals surface area contributed by atoms with Gasteiger partial charge in [0.1, 0.15) is 6.29 Å². The molecule has 0 saturated carbocycles. The Balaban J connectivity index is 1.89. The fraction of sp³-hybridized carbons (Fsp3) is 0. The largest absolute Gasteiger partial charge is 0.298 e. The van der Waals surface area contributed by atoms with E-state index in [2.05, 4.69) is 24.3 Å². The number of carbonyl (C=O) groups is 1. The molecule has 0 aliphatic heterocycles. The van der Waals surface area contributed by atoms with E-state index < -0.39 is 0 Å². The molecule has 3 aromatic rings. The van der Waals surface area contributed by atoms with Crippen LogP contribution < -0.4 is 0 Å². The normalized spacial score (nSPS) is 10.3. The third-order valence-electron chi connectivity index (χ3n) is 3.44. The van der Waals surface area contributed by atoms with Crippen molar-refractivity contribution in [3.8, 4) is 22.3 Å². The lowest BCUT2D eigenvalue weighted by molar-refractivity contribution is 0.112. The van der Waals surface area contributed by atoms with Crippen molar-refractivity contribution >= 4 is 17.9 Å². The van der Waals surface area contributed by atoms with Crippen LogP contribution in [0.2, 0.25) is 5.02 Å². The zero-order valence-corrected chi connectivity index (χ0v) is 12.0. The zero-order chi connectivity index (χ0) is 14.7. The van der Waals surface area contributed by atoms with Gasteiger partial charge in [0.05, 0.1) is 0 Å². The molecule has 3 aromatic carbocycles. The van der Waals surface area contributed by atoms with Gasteiger partial charge in [-0.1, -0.05) is 72.3 Å². The summed E-state index contributed by atoms with van der Waals surface area (Å²) in [5.74, 6) is 0. The van der Waals surface area contributed by atoms with E-state index in [-0.39, 0.29) is 0 Å². The second kappa shape index (κ2) is 5.94. The molecule has 0 fully saturated rings. The van der Waals surface area contributed by atoms with E-state index >= 15 is 0 Å². The van der Waals surface area contributed by atoms with E-state index in [4.69, 9.17) is 11.6 Å². The Bertz CT molecular complexity index is 741. The van der Waals surface area contributed by atoms with Crippen molar-refractivity contribution in [2.45, 2.75) is 0 Å². The fourth-order valence-corrected chi connectivity index (χ4v) is 2.38. The van der Waals surface area contributed by atoms with Crippen molar-refractivity contribution in [1.82, 2.24) is 0 Å². The van der Waals surface area contributed by atoms with Gasteiger partial charge in [-0.05, 0) is 34.4 Å². The molecule has 0 heterocycles. The minimum absolute atomic E-state index is 0.691. The average Bonchev–Trinajstić information content (AvgIpc) is 2.56. The maximum atomic E-state index is 10.7. The Kier molecular flexibility index (Phi) is 3.85. The highest BCUT2D eigenvalue weighted by Gasteiger charge is 2.01. The molecule has 0 aromatic heterocycles. The molecule has 0 bridgehead atoms. The van der Waals surface area contributed by atoms with Crippen LogP contribution in [0.15, 0.2) is 72.8 Å². The van der Waals surface area contributed by atoms with Crippen LogP contribution in [0.1, 0.15) is 10.4 Å². The van der Waals surface area contributed by atoms with Crippen molar-refractivity contribution in [3.05, 3.63) is 83.4 Å². The highest BCUT2D eigenvalue weighted by atomic mass is 35.5. The molecule has 21 heavy (non-hydrogen) atoms. The van der Waals surface area contributed by atoms with Crippen LogP contribution in [0.25, 0.3) is 22.3 Å². The van der Waals surface area contributed by atoms with Gasteiger partial charge >= 0.3 is 0 Å². The summed E-state index contributed by atoms with van der Waals surface area (Å²) in [6.07, 6.45) is 0.855. The summed E-state index contributed by atoms with van der Waals surface area (Å²) in [5.41, 5.74) is 5.21. The molecule has 0 aliphatic rings.